The number of carboxylic acid groups (broad SMARTS) is 1. The normalized spacial score (nSPS) is 27.3. The van der Waals surface area contributed by atoms with Gasteiger partial charge in [0.05, 0.1) is 11.8 Å². The van der Waals surface area contributed by atoms with Crippen molar-refractivity contribution in [3.63, 3.8) is 0 Å². The maximum absolute atomic E-state index is 11.2. The molecule has 0 spiro atoms. The Morgan fingerprint density at radius 3 is 2.89 bits per heavy atom. The van der Waals surface area contributed by atoms with E-state index in [1.165, 1.54) is 12.8 Å². The van der Waals surface area contributed by atoms with E-state index in [0.29, 0.717) is 24.7 Å². The minimum atomic E-state index is -0.786. The van der Waals surface area contributed by atoms with Gasteiger partial charge in [0, 0.05) is 6.42 Å². The Balaban J connectivity index is 1.76. The molecule has 1 N–H and O–H groups in total. The summed E-state index contributed by atoms with van der Waals surface area (Å²) in [4.78, 5) is 15.6. The molecule has 0 bridgehead atoms. The number of carbonyl (C=O) groups is 1. The van der Waals surface area contributed by atoms with E-state index >= 15 is 0 Å². The monoisotopic (exact) mass is 248 g/mol. The predicted molar refractivity (Wildman–Crippen MR) is 63.0 cm³/mol. The fraction of sp³-hybridized carbons (Fsp3) is 0.615. The van der Waals surface area contributed by atoms with Crippen molar-refractivity contribution in [3.05, 3.63) is 23.9 Å². The molecule has 1 fully saturated rings. The van der Waals surface area contributed by atoms with Gasteiger partial charge in [0.1, 0.15) is 0 Å². The van der Waals surface area contributed by atoms with Crippen molar-refractivity contribution >= 4 is 5.97 Å². The summed E-state index contributed by atoms with van der Waals surface area (Å²) in [5.74, 6) is 0.522. The molecule has 1 aromatic heterocycles. The van der Waals surface area contributed by atoms with E-state index in [4.69, 9.17) is 4.52 Å². The van der Waals surface area contributed by atoms with E-state index < -0.39 is 11.9 Å². The van der Waals surface area contributed by atoms with Crippen LogP contribution in [0.2, 0.25) is 0 Å². The van der Waals surface area contributed by atoms with Crippen LogP contribution in [0, 0.1) is 11.8 Å². The standard InChI is InChI=1S/C13H16N2O3/c16-13(17)10-4-2-1-3-9(10)12-14-11(15-18-12)7-8-5-6-8/h1-2,8-10H,3-7H2,(H,16,17)/t9-,10+/m1/s1. The van der Waals surface area contributed by atoms with Gasteiger partial charge in [-0.3, -0.25) is 4.79 Å². The van der Waals surface area contributed by atoms with E-state index in [9.17, 15) is 9.90 Å². The largest absolute Gasteiger partial charge is 0.481 e. The van der Waals surface area contributed by atoms with Crippen molar-refractivity contribution in [2.75, 3.05) is 0 Å². The zero-order valence-electron chi connectivity index (χ0n) is 10.1. The Labute approximate surface area is 105 Å². The summed E-state index contributed by atoms with van der Waals surface area (Å²) in [6.07, 6.45) is 8.47. The molecule has 0 aliphatic heterocycles. The van der Waals surface area contributed by atoms with E-state index in [1.54, 1.807) is 0 Å². The molecule has 5 heteroatoms. The topological polar surface area (TPSA) is 76.2 Å². The minimum absolute atomic E-state index is 0.173. The number of aliphatic carboxylic acids is 1. The van der Waals surface area contributed by atoms with Gasteiger partial charge >= 0.3 is 5.97 Å². The van der Waals surface area contributed by atoms with Crippen molar-refractivity contribution in [1.82, 2.24) is 10.1 Å². The molecule has 96 valence electrons. The summed E-state index contributed by atoms with van der Waals surface area (Å²) in [5.41, 5.74) is 0. The number of hydrogen-bond acceptors (Lipinski definition) is 4. The molecule has 18 heavy (non-hydrogen) atoms. The van der Waals surface area contributed by atoms with Crippen LogP contribution in [0.15, 0.2) is 16.7 Å². The zero-order chi connectivity index (χ0) is 12.5. The van der Waals surface area contributed by atoms with Gasteiger partial charge in [0.2, 0.25) is 5.89 Å². The Morgan fingerprint density at radius 1 is 1.39 bits per heavy atom. The Bertz CT molecular complexity index is 476. The molecule has 2 atom stereocenters. The average molecular weight is 248 g/mol. The smallest absolute Gasteiger partial charge is 0.307 e. The molecule has 5 nitrogen and oxygen atoms in total. The second-order valence-electron chi connectivity index (χ2n) is 5.19. The first-order valence-corrected chi connectivity index (χ1v) is 6.44. The maximum Gasteiger partial charge on any atom is 0.307 e. The highest BCUT2D eigenvalue weighted by Gasteiger charge is 2.34. The minimum Gasteiger partial charge on any atom is -0.481 e. The molecule has 0 unspecified atom stereocenters. The van der Waals surface area contributed by atoms with Crippen LogP contribution >= 0.6 is 0 Å². The summed E-state index contributed by atoms with van der Waals surface area (Å²) in [6, 6.07) is 0. The molecular formula is C13H16N2O3. The maximum atomic E-state index is 11.2. The Morgan fingerprint density at radius 2 is 2.17 bits per heavy atom. The fourth-order valence-electron chi connectivity index (χ4n) is 2.44. The van der Waals surface area contributed by atoms with Gasteiger partial charge in [-0.25, -0.2) is 0 Å². The summed E-state index contributed by atoms with van der Waals surface area (Å²) in [5, 5.41) is 13.2. The molecule has 0 aromatic carbocycles. The quantitative estimate of drug-likeness (QED) is 0.826. The van der Waals surface area contributed by atoms with Gasteiger partial charge in [-0.15, -0.1) is 0 Å². The molecular weight excluding hydrogens is 232 g/mol. The molecule has 0 saturated heterocycles. The van der Waals surface area contributed by atoms with Crippen LogP contribution in [0.25, 0.3) is 0 Å². The van der Waals surface area contributed by atoms with Crippen molar-refractivity contribution in [3.8, 4) is 0 Å². The van der Waals surface area contributed by atoms with Gasteiger partial charge in [-0.1, -0.05) is 17.3 Å². The molecule has 1 heterocycles. The number of hydrogen-bond donors (Lipinski definition) is 1. The van der Waals surface area contributed by atoms with Gasteiger partial charge < -0.3 is 9.63 Å². The van der Waals surface area contributed by atoms with E-state index in [-0.39, 0.29) is 5.92 Å². The lowest BCUT2D eigenvalue weighted by molar-refractivity contribution is -0.142. The van der Waals surface area contributed by atoms with Gasteiger partial charge in [-0.05, 0) is 31.6 Å². The van der Waals surface area contributed by atoms with Crippen LogP contribution < -0.4 is 0 Å². The van der Waals surface area contributed by atoms with Crippen LogP contribution in [0.1, 0.15) is 43.3 Å². The van der Waals surface area contributed by atoms with Crippen LogP contribution in [0.3, 0.4) is 0 Å². The number of nitrogens with zero attached hydrogens (tertiary/aromatic N) is 2. The fourth-order valence-corrected chi connectivity index (χ4v) is 2.44. The lowest BCUT2D eigenvalue weighted by atomic mass is 9.83. The van der Waals surface area contributed by atoms with Gasteiger partial charge in [0.25, 0.3) is 0 Å². The van der Waals surface area contributed by atoms with Crippen LogP contribution in [-0.4, -0.2) is 21.2 Å². The van der Waals surface area contributed by atoms with Crippen LogP contribution in [0.5, 0.6) is 0 Å². The van der Waals surface area contributed by atoms with Crippen LogP contribution in [0.4, 0.5) is 0 Å². The Hall–Kier alpha value is -1.65. The molecule has 0 radical (unpaired) electrons. The SMILES string of the molecule is O=C(O)[C@H]1CC=CC[C@H]1c1nc(CC2CC2)no1. The molecule has 2 aliphatic rings. The molecule has 2 aliphatic carbocycles. The van der Waals surface area contributed by atoms with Crippen LogP contribution in [-0.2, 0) is 11.2 Å². The van der Waals surface area contributed by atoms with E-state index in [1.807, 2.05) is 12.2 Å². The van der Waals surface area contributed by atoms with Crippen molar-refractivity contribution in [2.45, 2.75) is 38.0 Å². The highest BCUT2D eigenvalue weighted by Crippen LogP contribution is 2.35. The second kappa shape index (κ2) is 4.55. The first kappa shape index (κ1) is 11.4. The van der Waals surface area contributed by atoms with Crippen molar-refractivity contribution in [1.29, 1.82) is 0 Å². The number of aromatic nitrogens is 2. The lowest BCUT2D eigenvalue weighted by Crippen LogP contribution is -2.23. The summed E-state index contributed by atoms with van der Waals surface area (Å²) in [6.45, 7) is 0. The third kappa shape index (κ3) is 2.30. The molecule has 0 amide bonds. The van der Waals surface area contributed by atoms with E-state index in [0.717, 1.165) is 12.2 Å². The third-order valence-electron chi connectivity index (χ3n) is 3.72. The Kier molecular flexibility index (Phi) is 2.89. The average Bonchev–Trinajstić information content (AvgIpc) is 3.05. The number of rotatable bonds is 4. The highest BCUT2D eigenvalue weighted by molar-refractivity contribution is 5.71. The highest BCUT2D eigenvalue weighted by atomic mass is 16.5. The number of allylic oxidation sites excluding steroid dienone is 2. The molecule has 3 rings (SSSR count). The third-order valence-corrected chi connectivity index (χ3v) is 3.72. The lowest BCUT2D eigenvalue weighted by Gasteiger charge is -2.21. The first-order chi connectivity index (χ1) is 8.74. The first-order valence-electron chi connectivity index (χ1n) is 6.44. The molecule has 1 aromatic rings. The molecule has 1 saturated carbocycles. The van der Waals surface area contributed by atoms with Gasteiger partial charge in [0.15, 0.2) is 5.82 Å². The number of carboxylic acids is 1. The van der Waals surface area contributed by atoms with E-state index in [2.05, 4.69) is 10.1 Å². The summed E-state index contributed by atoms with van der Waals surface area (Å²) >= 11 is 0. The van der Waals surface area contributed by atoms with Crippen molar-refractivity contribution in [2.24, 2.45) is 11.8 Å². The van der Waals surface area contributed by atoms with Gasteiger partial charge in [-0.2, -0.15) is 4.98 Å². The predicted octanol–water partition coefficient (Wildman–Crippen LogP) is 2.16. The van der Waals surface area contributed by atoms with Crippen molar-refractivity contribution < 1.29 is 14.4 Å². The zero-order valence-corrected chi connectivity index (χ0v) is 10.1. The summed E-state index contributed by atoms with van der Waals surface area (Å²) in [7, 11) is 0. The second-order valence-corrected chi connectivity index (χ2v) is 5.19. The summed E-state index contributed by atoms with van der Waals surface area (Å²) < 4.78 is 5.25.